The van der Waals surface area contributed by atoms with Gasteiger partial charge in [-0.05, 0) is 48.8 Å². The van der Waals surface area contributed by atoms with E-state index in [1.807, 2.05) is 0 Å². The first-order valence-corrected chi connectivity index (χ1v) is 6.54. The van der Waals surface area contributed by atoms with E-state index >= 15 is 0 Å². The number of benzene rings is 1. The summed E-state index contributed by atoms with van der Waals surface area (Å²) in [4.78, 5) is 23.0. The summed E-state index contributed by atoms with van der Waals surface area (Å²) in [6, 6.07) is 2.87. The zero-order chi connectivity index (χ0) is 15.5. The van der Waals surface area contributed by atoms with Gasteiger partial charge in [-0.3, -0.25) is 5.32 Å². The summed E-state index contributed by atoms with van der Waals surface area (Å²) >= 11 is 3.20. The molecule has 110 valence electrons. The van der Waals surface area contributed by atoms with Crippen LogP contribution in [-0.2, 0) is 4.74 Å². The van der Waals surface area contributed by atoms with Crippen LogP contribution in [0.4, 0.5) is 10.5 Å². The van der Waals surface area contributed by atoms with Crippen molar-refractivity contribution < 1.29 is 24.2 Å². The molecule has 20 heavy (non-hydrogen) atoms. The number of amides is 1. The summed E-state index contributed by atoms with van der Waals surface area (Å²) in [5, 5.41) is 11.6. The van der Waals surface area contributed by atoms with E-state index in [4.69, 9.17) is 9.47 Å². The van der Waals surface area contributed by atoms with Crippen LogP contribution in [0.25, 0.3) is 0 Å². The van der Waals surface area contributed by atoms with Crippen molar-refractivity contribution in [2.45, 2.75) is 26.4 Å². The molecule has 0 unspecified atom stereocenters. The van der Waals surface area contributed by atoms with E-state index in [2.05, 4.69) is 21.2 Å². The van der Waals surface area contributed by atoms with Crippen LogP contribution in [0.3, 0.4) is 0 Å². The van der Waals surface area contributed by atoms with E-state index in [0.717, 1.165) is 0 Å². The van der Waals surface area contributed by atoms with Crippen LogP contribution >= 0.6 is 15.9 Å². The summed E-state index contributed by atoms with van der Waals surface area (Å²) in [5.41, 5.74) is -0.651. The van der Waals surface area contributed by atoms with Gasteiger partial charge >= 0.3 is 12.1 Å². The van der Waals surface area contributed by atoms with Crippen molar-refractivity contribution in [3.05, 3.63) is 22.2 Å². The number of ether oxygens (including phenoxy) is 2. The molecule has 0 radical (unpaired) electrons. The highest BCUT2D eigenvalue weighted by Crippen LogP contribution is 2.32. The van der Waals surface area contributed by atoms with Crippen LogP contribution in [0.1, 0.15) is 31.1 Å². The molecule has 6 nitrogen and oxygen atoms in total. The molecule has 0 atom stereocenters. The highest BCUT2D eigenvalue weighted by molar-refractivity contribution is 9.10. The molecule has 1 rings (SSSR count). The van der Waals surface area contributed by atoms with Gasteiger partial charge in [0.25, 0.3) is 0 Å². The maximum Gasteiger partial charge on any atom is 0.412 e. The second kappa shape index (κ2) is 6.13. The number of carboxylic acid groups (broad SMARTS) is 1. The third-order valence-electron chi connectivity index (χ3n) is 2.16. The monoisotopic (exact) mass is 345 g/mol. The van der Waals surface area contributed by atoms with Crippen LogP contribution in [0.15, 0.2) is 16.6 Å². The fourth-order valence-corrected chi connectivity index (χ4v) is 1.94. The highest BCUT2D eigenvalue weighted by Gasteiger charge is 2.21. The van der Waals surface area contributed by atoms with E-state index in [1.165, 1.54) is 13.2 Å². The van der Waals surface area contributed by atoms with Gasteiger partial charge in [-0.25, -0.2) is 9.59 Å². The Morgan fingerprint density at radius 2 is 1.90 bits per heavy atom. The van der Waals surface area contributed by atoms with Crippen LogP contribution in [0.2, 0.25) is 0 Å². The molecule has 0 bridgehead atoms. The molecule has 7 heteroatoms. The molecule has 0 fully saturated rings. The summed E-state index contributed by atoms with van der Waals surface area (Å²) in [7, 11) is 1.42. The molecule has 0 spiro atoms. The van der Waals surface area contributed by atoms with Gasteiger partial charge in [0, 0.05) is 4.47 Å². The molecule has 0 aliphatic heterocycles. The summed E-state index contributed by atoms with van der Waals surface area (Å²) in [5.74, 6) is -0.820. The maximum absolute atomic E-state index is 11.7. The van der Waals surface area contributed by atoms with Crippen molar-refractivity contribution in [3.63, 3.8) is 0 Å². The SMILES string of the molecule is COc1cc(Br)c(NC(=O)OC(C)(C)C)c(C(=O)O)c1. The number of hydrogen-bond acceptors (Lipinski definition) is 4. The molecule has 0 aliphatic carbocycles. The number of rotatable bonds is 3. The summed E-state index contributed by atoms with van der Waals surface area (Å²) in [6.07, 6.45) is -0.731. The van der Waals surface area contributed by atoms with Crippen molar-refractivity contribution in [2.75, 3.05) is 12.4 Å². The highest BCUT2D eigenvalue weighted by atomic mass is 79.9. The maximum atomic E-state index is 11.7. The number of hydrogen-bond donors (Lipinski definition) is 2. The van der Waals surface area contributed by atoms with E-state index in [0.29, 0.717) is 10.2 Å². The van der Waals surface area contributed by atoms with Crippen LogP contribution < -0.4 is 10.1 Å². The lowest BCUT2D eigenvalue weighted by molar-refractivity contribution is 0.0636. The predicted octanol–water partition coefficient (Wildman–Crippen LogP) is 3.50. The summed E-state index contributed by atoms with van der Waals surface area (Å²) < 4.78 is 10.5. The second-order valence-electron chi connectivity index (χ2n) is 4.96. The molecule has 2 N–H and O–H groups in total. The summed E-state index contributed by atoms with van der Waals surface area (Å²) in [6.45, 7) is 5.15. The van der Waals surface area contributed by atoms with E-state index in [9.17, 15) is 14.7 Å². The predicted molar refractivity (Wildman–Crippen MR) is 77.5 cm³/mol. The van der Waals surface area contributed by atoms with Gasteiger partial charge in [0.15, 0.2) is 0 Å². The third kappa shape index (κ3) is 4.41. The minimum Gasteiger partial charge on any atom is -0.497 e. The van der Waals surface area contributed by atoms with Crippen LogP contribution in [0, 0.1) is 0 Å². The van der Waals surface area contributed by atoms with Crippen molar-refractivity contribution in [2.24, 2.45) is 0 Å². The number of halogens is 1. The van der Waals surface area contributed by atoms with E-state index < -0.39 is 17.7 Å². The normalized spacial score (nSPS) is 10.8. The van der Waals surface area contributed by atoms with Gasteiger partial charge in [-0.1, -0.05) is 0 Å². The van der Waals surface area contributed by atoms with E-state index in [-0.39, 0.29) is 11.3 Å². The minimum atomic E-state index is -1.18. The van der Waals surface area contributed by atoms with Gasteiger partial charge in [0.2, 0.25) is 0 Å². The number of aromatic carboxylic acids is 1. The molecule has 0 aromatic heterocycles. The number of methoxy groups -OCH3 is 1. The third-order valence-corrected chi connectivity index (χ3v) is 2.78. The standard InChI is InChI=1S/C13H16BrNO5/c1-13(2,3)20-12(18)15-10-8(11(16)17)5-7(19-4)6-9(10)14/h5-6H,1-4H3,(H,15,18)(H,16,17). The number of carbonyl (C=O) groups is 2. The average Bonchev–Trinajstić information content (AvgIpc) is 2.28. The van der Waals surface area contributed by atoms with Gasteiger partial charge in [0.05, 0.1) is 18.4 Å². The van der Waals surface area contributed by atoms with Gasteiger partial charge in [0.1, 0.15) is 11.4 Å². The molecule has 1 aromatic carbocycles. The van der Waals surface area contributed by atoms with Crippen LogP contribution in [0.5, 0.6) is 5.75 Å². The van der Waals surface area contributed by atoms with E-state index in [1.54, 1.807) is 26.8 Å². The Morgan fingerprint density at radius 3 is 2.35 bits per heavy atom. The van der Waals surface area contributed by atoms with Crippen LogP contribution in [-0.4, -0.2) is 29.9 Å². The number of nitrogens with one attached hydrogen (secondary N) is 1. The van der Waals surface area contributed by atoms with Crippen molar-refractivity contribution in [1.82, 2.24) is 0 Å². The van der Waals surface area contributed by atoms with Crippen molar-refractivity contribution in [3.8, 4) is 5.75 Å². The van der Waals surface area contributed by atoms with Gasteiger partial charge in [-0.2, -0.15) is 0 Å². The van der Waals surface area contributed by atoms with Gasteiger partial charge in [-0.15, -0.1) is 0 Å². The number of anilines is 1. The number of carboxylic acids is 1. The van der Waals surface area contributed by atoms with Gasteiger partial charge < -0.3 is 14.6 Å². The second-order valence-corrected chi connectivity index (χ2v) is 5.82. The fraction of sp³-hybridized carbons (Fsp3) is 0.385. The topological polar surface area (TPSA) is 84.9 Å². The molecule has 0 aliphatic rings. The fourth-order valence-electron chi connectivity index (χ4n) is 1.40. The quantitative estimate of drug-likeness (QED) is 0.875. The molecular weight excluding hydrogens is 330 g/mol. The molecule has 1 aromatic rings. The Hall–Kier alpha value is -1.76. The molecule has 0 heterocycles. The largest absolute Gasteiger partial charge is 0.497 e. The number of carbonyl (C=O) groups excluding carboxylic acids is 1. The Kier molecular flexibility index (Phi) is 4.99. The lowest BCUT2D eigenvalue weighted by Gasteiger charge is -2.20. The Labute approximate surface area is 125 Å². The zero-order valence-corrected chi connectivity index (χ0v) is 13.2. The first-order chi connectivity index (χ1) is 9.14. The minimum absolute atomic E-state index is 0.0953. The lowest BCUT2D eigenvalue weighted by Crippen LogP contribution is -2.28. The molecule has 1 amide bonds. The Bertz CT molecular complexity index is 536. The molecule has 0 saturated carbocycles. The first kappa shape index (κ1) is 16.3. The van der Waals surface area contributed by atoms with Crippen molar-refractivity contribution in [1.29, 1.82) is 0 Å². The first-order valence-electron chi connectivity index (χ1n) is 5.75. The Morgan fingerprint density at radius 1 is 1.30 bits per heavy atom. The molecule has 0 saturated heterocycles. The smallest absolute Gasteiger partial charge is 0.412 e. The lowest BCUT2D eigenvalue weighted by atomic mass is 10.1. The zero-order valence-electron chi connectivity index (χ0n) is 11.6. The van der Waals surface area contributed by atoms with Crippen molar-refractivity contribution >= 4 is 33.7 Å². The average molecular weight is 346 g/mol. The molecular formula is C13H16BrNO5. The Balaban J connectivity index is 3.11.